The van der Waals surface area contributed by atoms with E-state index in [-0.39, 0.29) is 17.7 Å². The van der Waals surface area contributed by atoms with E-state index < -0.39 is 18.5 Å². The molecule has 8 nitrogen and oxygen atoms in total. The summed E-state index contributed by atoms with van der Waals surface area (Å²) >= 11 is 1.24. The van der Waals surface area contributed by atoms with E-state index in [2.05, 4.69) is 15.7 Å². The fourth-order valence-corrected chi connectivity index (χ4v) is 4.26. The highest BCUT2D eigenvalue weighted by Crippen LogP contribution is 2.24. The molecular formula is C26H30N4O4S. The fourth-order valence-electron chi connectivity index (χ4n) is 3.41. The van der Waals surface area contributed by atoms with Crippen LogP contribution in [0.1, 0.15) is 41.2 Å². The lowest BCUT2D eigenvalue weighted by molar-refractivity contribution is -0.119. The zero-order chi connectivity index (χ0) is 25.5. The summed E-state index contributed by atoms with van der Waals surface area (Å²) in [6.45, 7) is 9.01. The van der Waals surface area contributed by atoms with Gasteiger partial charge in [-0.1, -0.05) is 29.8 Å². The lowest BCUT2D eigenvalue weighted by Crippen LogP contribution is -2.31. The maximum Gasteiger partial charge on any atom is 0.339 e. The summed E-state index contributed by atoms with van der Waals surface area (Å²) in [5, 5.41) is 10.1. The van der Waals surface area contributed by atoms with Gasteiger partial charge in [-0.2, -0.15) is 5.10 Å². The molecule has 1 heterocycles. The maximum absolute atomic E-state index is 12.7. The summed E-state index contributed by atoms with van der Waals surface area (Å²) < 4.78 is 7.03. The van der Waals surface area contributed by atoms with Crippen LogP contribution in [0.2, 0.25) is 0 Å². The van der Waals surface area contributed by atoms with Crippen molar-refractivity contribution in [3.8, 4) is 5.69 Å². The molecule has 0 saturated carbocycles. The molecule has 9 heteroatoms. The molecule has 1 aromatic heterocycles. The number of carbonyl (C=O) groups excluding carboxylic acids is 3. The van der Waals surface area contributed by atoms with Crippen LogP contribution in [-0.2, 0) is 14.3 Å². The van der Waals surface area contributed by atoms with Gasteiger partial charge in [-0.25, -0.2) is 9.48 Å². The number of aromatic nitrogens is 2. The third-order valence-corrected chi connectivity index (χ3v) is 6.16. The van der Waals surface area contributed by atoms with Crippen LogP contribution < -0.4 is 10.6 Å². The van der Waals surface area contributed by atoms with Gasteiger partial charge in [0, 0.05) is 10.9 Å². The second-order valence-electron chi connectivity index (χ2n) is 8.42. The number of esters is 1. The van der Waals surface area contributed by atoms with E-state index in [0.717, 1.165) is 16.9 Å². The average Bonchev–Trinajstić information content (AvgIpc) is 3.09. The van der Waals surface area contributed by atoms with Crippen LogP contribution in [0.25, 0.3) is 5.69 Å². The summed E-state index contributed by atoms with van der Waals surface area (Å²) in [7, 11) is 0. The molecule has 3 rings (SSSR count). The van der Waals surface area contributed by atoms with Gasteiger partial charge in [0.2, 0.25) is 5.91 Å². The number of rotatable bonds is 9. The van der Waals surface area contributed by atoms with Gasteiger partial charge < -0.3 is 15.4 Å². The number of nitrogens with zero attached hydrogens (tertiary/aromatic N) is 2. The van der Waals surface area contributed by atoms with Crippen LogP contribution in [0.15, 0.2) is 53.4 Å². The number of hydrogen-bond donors (Lipinski definition) is 2. The summed E-state index contributed by atoms with van der Waals surface area (Å²) in [5.41, 5.74) is 4.35. The van der Waals surface area contributed by atoms with Gasteiger partial charge >= 0.3 is 5.97 Å². The summed E-state index contributed by atoms with van der Waals surface area (Å²) in [5.74, 6) is -1.04. The second kappa shape index (κ2) is 11.7. The van der Waals surface area contributed by atoms with E-state index in [4.69, 9.17) is 4.74 Å². The fraction of sp³-hybridized carbons (Fsp3) is 0.308. The molecule has 0 radical (unpaired) electrons. The minimum atomic E-state index is -0.628. The molecule has 3 aromatic rings. The third kappa shape index (κ3) is 6.95. The topological polar surface area (TPSA) is 102 Å². The number of hydrogen-bond acceptors (Lipinski definition) is 6. The second-order valence-corrected chi connectivity index (χ2v) is 9.44. The smallest absolute Gasteiger partial charge is 0.339 e. The van der Waals surface area contributed by atoms with E-state index in [0.29, 0.717) is 21.8 Å². The van der Waals surface area contributed by atoms with Crippen LogP contribution in [0, 0.1) is 20.8 Å². The van der Waals surface area contributed by atoms with Crippen molar-refractivity contribution < 1.29 is 19.1 Å². The Morgan fingerprint density at radius 1 is 1.00 bits per heavy atom. The first-order valence-corrected chi connectivity index (χ1v) is 12.3. The van der Waals surface area contributed by atoms with Crippen LogP contribution in [0.5, 0.6) is 0 Å². The Bertz CT molecular complexity index is 1220. The number of thioether (sulfide) groups is 1. The first-order chi connectivity index (χ1) is 16.7. The van der Waals surface area contributed by atoms with Crippen molar-refractivity contribution in [2.24, 2.45) is 0 Å². The SMILES string of the molecule is Cc1ccc(-n2nc(C)c(NC(=O)COC(=O)c3ccccc3SCC(=O)NC(C)C)c2C)cc1. The number of nitrogens with one attached hydrogen (secondary N) is 2. The first kappa shape index (κ1) is 26.0. The number of aryl methyl sites for hydroxylation is 2. The molecule has 184 valence electrons. The number of amides is 2. The van der Waals surface area contributed by atoms with Crippen molar-refractivity contribution in [2.45, 2.75) is 45.6 Å². The quantitative estimate of drug-likeness (QED) is 0.341. The molecule has 35 heavy (non-hydrogen) atoms. The summed E-state index contributed by atoms with van der Waals surface area (Å²) in [6.07, 6.45) is 0. The molecule has 2 amide bonds. The molecular weight excluding hydrogens is 464 g/mol. The molecule has 0 aliphatic carbocycles. The zero-order valence-electron chi connectivity index (χ0n) is 20.5. The third-order valence-electron chi connectivity index (χ3n) is 5.08. The van der Waals surface area contributed by atoms with Crippen molar-refractivity contribution in [1.82, 2.24) is 15.1 Å². The highest BCUT2D eigenvalue weighted by molar-refractivity contribution is 8.00. The Hall–Kier alpha value is -3.59. The van der Waals surface area contributed by atoms with Crippen LogP contribution in [-0.4, -0.2) is 46.0 Å². The van der Waals surface area contributed by atoms with E-state index in [1.807, 2.05) is 58.9 Å². The molecule has 0 bridgehead atoms. The monoisotopic (exact) mass is 494 g/mol. The van der Waals surface area contributed by atoms with Crippen LogP contribution in [0.4, 0.5) is 5.69 Å². The van der Waals surface area contributed by atoms with Crippen molar-refractivity contribution in [2.75, 3.05) is 17.7 Å². The standard InChI is InChI=1S/C26H30N4O4S/c1-16(2)27-24(32)15-35-22-9-7-6-8-21(22)26(33)34-14-23(31)28-25-18(4)29-30(19(25)5)20-12-10-17(3)11-13-20/h6-13,16H,14-15H2,1-5H3,(H,27,32)(H,28,31). The van der Waals surface area contributed by atoms with Gasteiger partial charge in [-0.15, -0.1) is 11.8 Å². The van der Waals surface area contributed by atoms with E-state index in [1.54, 1.807) is 28.9 Å². The largest absolute Gasteiger partial charge is 0.452 e. The lowest BCUT2D eigenvalue weighted by atomic mass is 10.2. The van der Waals surface area contributed by atoms with E-state index in [1.165, 1.54) is 11.8 Å². The minimum absolute atomic E-state index is 0.0399. The number of anilines is 1. The number of ether oxygens (including phenoxy) is 1. The molecule has 0 unspecified atom stereocenters. The average molecular weight is 495 g/mol. The Kier molecular flexibility index (Phi) is 8.70. The Morgan fingerprint density at radius 3 is 2.37 bits per heavy atom. The normalized spacial score (nSPS) is 10.8. The predicted molar refractivity (Wildman–Crippen MR) is 137 cm³/mol. The number of carbonyl (C=O) groups is 3. The van der Waals surface area contributed by atoms with Crippen molar-refractivity contribution in [3.63, 3.8) is 0 Å². The van der Waals surface area contributed by atoms with Gasteiger partial charge in [0.15, 0.2) is 6.61 Å². The molecule has 0 spiro atoms. The van der Waals surface area contributed by atoms with Gasteiger partial charge in [0.1, 0.15) is 0 Å². The Morgan fingerprint density at radius 2 is 1.69 bits per heavy atom. The molecule has 0 saturated heterocycles. The highest BCUT2D eigenvalue weighted by atomic mass is 32.2. The molecule has 0 aliphatic rings. The molecule has 0 fully saturated rings. The first-order valence-electron chi connectivity index (χ1n) is 11.3. The molecule has 2 N–H and O–H groups in total. The Balaban J connectivity index is 1.61. The lowest BCUT2D eigenvalue weighted by Gasteiger charge is -2.11. The van der Waals surface area contributed by atoms with Crippen molar-refractivity contribution in [3.05, 3.63) is 71.0 Å². The number of benzene rings is 2. The highest BCUT2D eigenvalue weighted by Gasteiger charge is 2.18. The van der Waals surface area contributed by atoms with Gasteiger partial charge in [0.05, 0.1) is 34.1 Å². The van der Waals surface area contributed by atoms with Crippen LogP contribution >= 0.6 is 11.8 Å². The van der Waals surface area contributed by atoms with Gasteiger partial charge in [-0.05, 0) is 58.9 Å². The van der Waals surface area contributed by atoms with E-state index in [9.17, 15) is 14.4 Å². The van der Waals surface area contributed by atoms with Crippen molar-refractivity contribution >= 4 is 35.2 Å². The van der Waals surface area contributed by atoms with Crippen LogP contribution in [0.3, 0.4) is 0 Å². The predicted octanol–water partition coefficient (Wildman–Crippen LogP) is 4.21. The Labute approximate surface area is 209 Å². The summed E-state index contributed by atoms with van der Waals surface area (Å²) in [6, 6.07) is 14.8. The van der Waals surface area contributed by atoms with E-state index >= 15 is 0 Å². The maximum atomic E-state index is 12.7. The van der Waals surface area contributed by atoms with Gasteiger partial charge in [-0.3, -0.25) is 9.59 Å². The minimum Gasteiger partial charge on any atom is -0.452 e. The zero-order valence-corrected chi connectivity index (χ0v) is 21.4. The van der Waals surface area contributed by atoms with Crippen molar-refractivity contribution in [1.29, 1.82) is 0 Å². The summed E-state index contributed by atoms with van der Waals surface area (Å²) in [4.78, 5) is 37.8. The molecule has 0 aliphatic heterocycles. The molecule has 2 aromatic carbocycles. The van der Waals surface area contributed by atoms with Gasteiger partial charge in [0.25, 0.3) is 5.91 Å². The molecule has 0 atom stereocenters.